The first-order valence-electron chi connectivity index (χ1n) is 9.34. The molecule has 1 aliphatic heterocycles. The van der Waals surface area contributed by atoms with Gasteiger partial charge >= 0.3 is 0 Å². The van der Waals surface area contributed by atoms with Crippen molar-refractivity contribution in [1.29, 1.82) is 0 Å². The number of nitrogens with two attached hydrogens (primary N) is 1. The van der Waals surface area contributed by atoms with Crippen LogP contribution in [0.15, 0.2) is 53.7 Å². The zero-order valence-electron chi connectivity index (χ0n) is 16.3. The van der Waals surface area contributed by atoms with E-state index >= 15 is 0 Å². The van der Waals surface area contributed by atoms with E-state index in [-0.39, 0.29) is 10.8 Å². The summed E-state index contributed by atoms with van der Waals surface area (Å²) in [5.41, 5.74) is 0.427. The molecule has 30 heavy (non-hydrogen) atoms. The number of nitrogens with zero attached hydrogens (tertiary/aromatic N) is 6. The fraction of sp³-hybridized carbons (Fsp3) is 0.263. The number of rotatable bonds is 4. The number of aromatic nitrogens is 4. The minimum Gasteiger partial charge on any atom is -0.352 e. The standard InChI is InChI=1S/C19H21N7O3S/c1-14-21-8-9-26(14)18-7-6-17(22-23-18)24-10-12-25(13-11-24)19(27)15-2-4-16(5-3-15)30(20,28)29/h2-9H,10-13H2,1H3,(H2,20,28,29). The summed E-state index contributed by atoms with van der Waals surface area (Å²) in [4.78, 5) is 20.7. The molecule has 1 aromatic carbocycles. The smallest absolute Gasteiger partial charge is 0.253 e. The number of hydrogen-bond acceptors (Lipinski definition) is 7. The number of carbonyl (C=O) groups is 1. The molecule has 0 aliphatic carbocycles. The van der Waals surface area contributed by atoms with Crippen molar-refractivity contribution >= 4 is 21.7 Å². The van der Waals surface area contributed by atoms with Gasteiger partial charge in [-0.2, -0.15) is 0 Å². The number of aryl methyl sites for hydroxylation is 1. The van der Waals surface area contributed by atoms with E-state index in [0.717, 1.165) is 11.6 Å². The largest absolute Gasteiger partial charge is 0.352 e. The fourth-order valence-electron chi connectivity index (χ4n) is 3.34. The number of imidazole rings is 1. The quantitative estimate of drug-likeness (QED) is 0.645. The van der Waals surface area contributed by atoms with E-state index in [4.69, 9.17) is 5.14 Å². The van der Waals surface area contributed by atoms with Crippen molar-refractivity contribution in [3.05, 3.63) is 60.2 Å². The lowest BCUT2D eigenvalue weighted by molar-refractivity contribution is 0.0746. The third kappa shape index (κ3) is 4.02. The Morgan fingerprint density at radius 2 is 1.60 bits per heavy atom. The number of amides is 1. The Bertz CT molecular complexity index is 1150. The van der Waals surface area contributed by atoms with Crippen LogP contribution in [0, 0.1) is 6.92 Å². The average molecular weight is 427 g/mol. The van der Waals surface area contributed by atoms with Crippen molar-refractivity contribution in [3.63, 3.8) is 0 Å². The molecule has 2 aromatic heterocycles. The number of primary sulfonamides is 1. The minimum absolute atomic E-state index is 0.0169. The molecule has 3 aromatic rings. The van der Waals surface area contributed by atoms with E-state index in [2.05, 4.69) is 20.1 Å². The molecular formula is C19H21N7O3S. The van der Waals surface area contributed by atoms with Crippen molar-refractivity contribution in [1.82, 2.24) is 24.6 Å². The van der Waals surface area contributed by atoms with Crippen LogP contribution in [0.25, 0.3) is 5.82 Å². The third-order valence-electron chi connectivity index (χ3n) is 5.03. The van der Waals surface area contributed by atoms with E-state index in [9.17, 15) is 13.2 Å². The summed E-state index contributed by atoms with van der Waals surface area (Å²) in [5, 5.41) is 13.7. The van der Waals surface area contributed by atoms with Gasteiger partial charge in [0.05, 0.1) is 4.90 Å². The maximum atomic E-state index is 12.7. The number of piperazine rings is 1. The van der Waals surface area contributed by atoms with E-state index in [1.165, 1.54) is 24.3 Å². The molecule has 0 atom stereocenters. The molecule has 0 radical (unpaired) electrons. The highest BCUT2D eigenvalue weighted by Crippen LogP contribution is 2.17. The monoisotopic (exact) mass is 427 g/mol. The van der Waals surface area contributed by atoms with Crippen LogP contribution in [0.3, 0.4) is 0 Å². The predicted molar refractivity (Wildman–Crippen MR) is 110 cm³/mol. The summed E-state index contributed by atoms with van der Waals surface area (Å²) < 4.78 is 24.6. The number of hydrogen-bond donors (Lipinski definition) is 1. The van der Waals surface area contributed by atoms with Crippen molar-refractivity contribution < 1.29 is 13.2 Å². The molecule has 0 unspecified atom stereocenters. The molecule has 1 fully saturated rings. The summed E-state index contributed by atoms with van der Waals surface area (Å²) >= 11 is 0. The Kier molecular flexibility index (Phi) is 5.22. The van der Waals surface area contributed by atoms with Crippen LogP contribution >= 0.6 is 0 Å². The molecule has 156 valence electrons. The zero-order chi connectivity index (χ0) is 21.3. The summed E-state index contributed by atoms with van der Waals surface area (Å²) in [6, 6.07) is 9.45. The van der Waals surface area contributed by atoms with Crippen LogP contribution in [-0.2, 0) is 10.0 Å². The van der Waals surface area contributed by atoms with Gasteiger partial charge in [-0.05, 0) is 43.3 Å². The first-order chi connectivity index (χ1) is 14.3. The Hall–Kier alpha value is -3.31. The summed E-state index contributed by atoms with van der Waals surface area (Å²) in [7, 11) is -3.78. The van der Waals surface area contributed by atoms with E-state index in [1.807, 2.05) is 29.8 Å². The van der Waals surface area contributed by atoms with Crippen molar-refractivity contribution in [2.24, 2.45) is 5.14 Å². The van der Waals surface area contributed by atoms with Gasteiger partial charge in [-0.3, -0.25) is 9.36 Å². The zero-order valence-corrected chi connectivity index (χ0v) is 17.2. The molecule has 1 saturated heterocycles. The maximum absolute atomic E-state index is 12.7. The molecule has 3 heterocycles. The molecule has 0 bridgehead atoms. The van der Waals surface area contributed by atoms with Crippen LogP contribution in [-0.4, -0.2) is 65.2 Å². The lowest BCUT2D eigenvalue weighted by Gasteiger charge is -2.35. The van der Waals surface area contributed by atoms with Crippen LogP contribution in [0.4, 0.5) is 5.82 Å². The van der Waals surface area contributed by atoms with Crippen LogP contribution in [0.1, 0.15) is 16.2 Å². The van der Waals surface area contributed by atoms with E-state index in [0.29, 0.717) is 37.6 Å². The first-order valence-corrected chi connectivity index (χ1v) is 10.9. The molecule has 4 rings (SSSR count). The topological polar surface area (TPSA) is 127 Å². The van der Waals surface area contributed by atoms with Crippen LogP contribution in [0.2, 0.25) is 0 Å². The Morgan fingerprint density at radius 3 is 2.13 bits per heavy atom. The molecule has 10 nitrogen and oxygen atoms in total. The summed E-state index contributed by atoms with van der Waals surface area (Å²) in [6.07, 6.45) is 3.54. The molecule has 1 aliphatic rings. The SMILES string of the molecule is Cc1nccn1-c1ccc(N2CCN(C(=O)c3ccc(S(N)(=O)=O)cc3)CC2)nn1. The number of carbonyl (C=O) groups excluding carboxylic acids is 1. The molecule has 11 heteroatoms. The fourth-order valence-corrected chi connectivity index (χ4v) is 3.86. The van der Waals surface area contributed by atoms with Gasteiger partial charge in [0.2, 0.25) is 10.0 Å². The average Bonchev–Trinajstić information content (AvgIpc) is 3.19. The van der Waals surface area contributed by atoms with Gasteiger partial charge in [0.25, 0.3) is 5.91 Å². The number of anilines is 1. The molecule has 2 N–H and O–H groups in total. The van der Waals surface area contributed by atoms with Crippen molar-refractivity contribution in [2.45, 2.75) is 11.8 Å². The highest BCUT2D eigenvalue weighted by molar-refractivity contribution is 7.89. The van der Waals surface area contributed by atoms with Crippen molar-refractivity contribution in [2.75, 3.05) is 31.1 Å². The van der Waals surface area contributed by atoms with Crippen molar-refractivity contribution in [3.8, 4) is 5.82 Å². The highest BCUT2D eigenvalue weighted by atomic mass is 32.2. The summed E-state index contributed by atoms with van der Waals surface area (Å²) in [6.45, 7) is 4.20. The minimum atomic E-state index is -3.78. The number of sulfonamides is 1. The van der Waals surface area contributed by atoms with Crippen LogP contribution in [0.5, 0.6) is 0 Å². The van der Waals surface area contributed by atoms with Gasteiger partial charge in [-0.25, -0.2) is 18.5 Å². The van der Waals surface area contributed by atoms with Gasteiger partial charge in [0.15, 0.2) is 11.6 Å². The molecule has 0 spiro atoms. The second-order valence-electron chi connectivity index (χ2n) is 6.94. The molecule has 0 saturated carbocycles. The Morgan fingerprint density at radius 1 is 0.967 bits per heavy atom. The third-order valence-corrected chi connectivity index (χ3v) is 5.96. The second kappa shape index (κ2) is 7.84. The number of benzene rings is 1. The van der Waals surface area contributed by atoms with E-state index < -0.39 is 10.0 Å². The predicted octanol–water partition coefficient (Wildman–Crippen LogP) is 0.581. The summed E-state index contributed by atoms with van der Waals surface area (Å²) in [5.74, 6) is 2.14. The molecular weight excluding hydrogens is 406 g/mol. The van der Waals surface area contributed by atoms with Gasteiger partial charge < -0.3 is 9.80 Å². The Balaban J connectivity index is 1.39. The van der Waals surface area contributed by atoms with Gasteiger partial charge in [0, 0.05) is 44.1 Å². The molecule has 1 amide bonds. The Labute approximate surface area is 174 Å². The maximum Gasteiger partial charge on any atom is 0.253 e. The highest BCUT2D eigenvalue weighted by Gasteiger charge is 2.23. The van der Waals surface area contributed by atoms with Gasteiger partial charge in [0.1, 0.15) is 5.82 Å². The normalized spacial score (nSPS) is 14.7. The second-order valence-corrected chi connectivity index (χ2v) is 8.50. The van der Waals surface area contributed by atoms with E-state index in [1.54, 1.807) is 11.1 Å². The lowest BCUT2D eigenvalue weighted by atomic mass is 10.2. The van der Waals surface area contributed by atoms with Crippen LogP contribution < -0.4 is 10.0 Å². The van der Waals surface area contributed by atoms with Gasteiger partial charge in [-0.15, -0.1) is 10.2 Å². The lowest BCUT2D eigenvalue weighted by Crippen LogP contribution is -2.49. The first kappa shape index (κ1) is 20.0. The van der Waals surface area contributed by atoms with Gasteiger partial charge in [-0.1, -0.05) is 0 Å².